The zero-order valence-electron chi connectivity index (χ0n) is 17.7. The number of imidazole rings is 1. The van der Waals surface area contributed by atoms with Crippen molar-refractivity contribution in [1.82, 2.24) is 15.0 Å². The minimum absolute atomic E-state index is 0.390. The smallest absolute Gasteiger partial charge is 0.323 e. The van der Waals surface area contributed by atoms with Crippen LogP contribution in [0.1, 0.15) is 19.4 Å². The topological polar surface area (TPSA) is 101 Å². The number of thiazole rings is 1. The third kappa shape index (κ3) is 3.78. The Morgan fingerprint density at radius 3 is 2.88 bits per heavy atom. The maximum Gasteiger partial charge on any atom is 0.323 e. The summed E-state index contributed by atoms with van der Waals surface area (Å²) in [5.74, 6) is 1.94. The minimum atomic E-state index is -0.394. The van der Waals surface area contributed by atoms with Crippen LogP contribution in [-0.4, -0.2) is 33.7 Å². The van der Waals surface area contributed by atoms with Gasteiger partial charge >= 0.3 is 6.03 Å². The van der Waals surface area contributed by atoms with E-state index in [1.165, 1.54) is 11.3 Å². The average molecular weight is 448 g/mol. The van der Waals surface area contributed by atoms with E-state index >= 15 is 0 Å². The van der Waals surface area contributed by atoms with E-state index in [-0.39, 0.29) is 6.03 Å². The molecule has 0 saturated heterocycles. The number of nitrogens with zero attached hydrogens (tertiary/aromatic N) is 2. The number of rotatable bonds is 4. The van der Waals surface area contributed by atoms with Gasteiger partial charge in [0.1, 0.15) is 17.0 Å². The largest absolute Gasteiger partial charge is 0.494 e. The average Bonchev–Trinajstić information content (AvgIpc) is 3.42. The molecule has 0 spiro atoms. The second kappa shape index (κ2) is 7.69. The normalized spacial score (nSPS) is 14.0. The lowest BCUT2D eigenvalue weighted by Crippen LogP contribution is -2.27. The van der Waals surface area contributed by atoms with Crippen molar-refractivity contribution in [3.05, 3.63) is 52.9 Å². The highest BCUT2D eigenvalue weighted by Gasteiger charge is 2.25. The second-order valence-corrected chi connectivity index (χ2v) is 8.59. The number of aromatic amines is 1. The van der Waals surface area contributed by atoms with Crippen molar-refractivity contribution in [2.75, 3.05) is 17.7 Å². The standard InChI is InChI=1S/C23H21N5O3S/c1-23(2)9-8-14-19(31-23)7-6-16(20(14)30-3)28-22(29)25-13-4-5-15-17(10-13)27-21(26-15)18-11-32-12-24-18/h4-12H,1-3H3,(H,26,27)(H2,25,28,29). The maximum atomic E-state index is 12.7. The van der Waals surface area contributed by atoms with E-state index in [0.29, 0.717) is 28.7 Å². The van der Waals surface area contributed by atoms with Gasteiger partial charge in [0, 0.05) is 11.1 Å². The fourth-order valence-corrected chi connectivity index (χ4v) is 4.10. The molecular formula is C23H21N5O3S. The number of H-pyrrole nitrogens is 1. The number of hydrogen-bond acceptors (Lipinski definition) is 6. The Balaban J connectivity index is 1.35. The summed E-state index contributed by atoms with van der Waals surface area (Å²) in [5.41, 5.74) is 5.71. The minimum Gasteiger partial charge on any atom is -0.494 e. The van der Waals surface area contributed by atoms with Crippen molar-refractivity contribution >= 4 is 45.9 Å². The lowest BCUT2D eigenvalue weighted by molar-refractivity contribution is 0.158. The number of hydrogen-bond donors (Lipinski definition) is 3. The van der Waals surface area contributed by atoms with Crippen LogP contribution >= 0.6 is 11.3 Å². The lowest BCUT2D eigenvalue weighted by Gasteiger charge is -2.29. The number of carbonyl (C=O) groups is 1. The number of nitrogens with one attached hydrogen (secondary N) is 3. The third-order valence-corrected chi connectivity index (χ3v) is 5.64. The molecule has 3 N–H and O–H groups in total. The summed E-state index contributed by atoms with van der Waals surface area (Å²) in [4.78, 5) is 24.8. The Bertz CT molecular complexity index is 1340. The van der Waals surface area contributed by atoms with Crippen LogP contribution in [0.3, 0.4) is 0 Å². The van der Waals surface area contributed by atoms with Crippen molar-refractivity contribution in [2.24, 2.45) is 0 Å². The molecule has 9 heteroatoms. The van der Waals surface area contributed by atoms with E-state index in [1.54, 1.807) is 18.7 Å². The molecule has 0 radical (unpaired) electrons. The van der Waals surface area contributed by atoms with Gasteiger partial charge < -0.3 is 25.1 Å². The number of methoxy groups -OCH3 is 1. The molecule has 1 aliphatic heterocycles. The number of ether oxygens (including phenoxy) is 2. The molecule has 8 nitrogen and oxygen atoms in total. The molecule has 2 amide bonds. The van der Waals surface area contributed by atoms with E-state index in [1.807, 2.05) is 55.6 Å². The van der Waals surface area contributed by atoms with E-state index < -0.39 is 5.60 Å². The predicted molar refractivity (Wildman–Crippen MR) is 127 cm³/mol. The quantitative estimate of drug-likeness (QED) is 0.382. The van der Waals surface area contributed by atoms with Gasteiger partial charge in [-0.2, -0.15) is 0 Å². The second-order valence-electron chi connectivity index (χ2n) is 7.87. The molecule has 162 valence electrons. The van der Waals surface area contributed by atoms with Gasteiger partial charge in [-0.25, -0.2) is 14.8 Å². The molecule has 0 fully saturated rings. The summed E-state index contributed by atoms with van der Waals surface area (Å²) in [5, 5.41) is 7.63. The first-order valence-corrected chi connectivity index (χ1v) is 10.9. The predicted octanol–water partition coefficient (Wildman–Crippen LogP) is 5.52. The molecule has 32 heavy (non-hydrogen) atoms. The van der Waals surface area contributed by atoms with Crippen molar-refractivity contribution < 1.29 is 14.3 Å². The van der Waals surface area contributed by atoms with Crippen LogP contribution < -0.4 is 20.1 Å². The third-order valence-electron chi connectivity index (χ3n) is 5.05. The number of anilines is 2. The van der Waals surface area contributed by atoms with Crippen LogP contribution in [0.4, 0.5) is 16.2 Å². The fraction of sp³-hybridized carbons (Fsp3) is 0.174. The van der Waals surface area contributed by atoms with Gasteiger partial charge in [-0.15, -0.1) is 11.3 Å². The molecule has 2 aromatic heterocycles. The zero-order chi connectivity index (χ0) is 22.3. The van der Waals surface area contributed by atoms with Crippen molar-refractivity contribution in [2.45, 2.75) is 19.4 Å². The van der Waals surface area contributed by atoms with Crippen molar-refractivity contribution in [3.63, 3.8) is 0 Å². The Morgan fingerprint density at radius 1 is 1.22 bits per heavy atom. The summed E-state index contributed by atoms with van der Waals surface area (Å²) in [6.45, 7) is 3.96. The van der Waals surface area contributed by atoms with E-state index in [4.69, 9.17) is 9.47 Å². The Kier molecular flexibility index (Phi) is 4.82. The molecule has 2 aromatic carbocycles. The van der Waals surface area contributed by atoms with Crippen molar-refractivity contribution in [1.29, 1.82) is 0 Å². The Labute approximate surface area is 188 Å². The van der Waals surface area contributed by atoms with Gasteiger partial charge in [0.25, 0.3) is 0 Å². The lowest BCUT2D eigenvalue weighted by atomic mass is 10.0. The first-order valence-electron chi connectivity index (χ1n) is 9.97. The van der Waals surface area contributed by atoms with Crippen LogP contribution in [0.25, 0.3) is 28.6 Å². The monoisotopic (exact) mass is 447 g/mol. The molecule has 1 aliphatic rings. The molecule has 0 unspecified atom stereocenters. The van der Waals surface area contributed by atoms with E-state index in [0.717, 1.165) is 22.3 Å². The van der Waals surface area contributed by atoms with E-state index in [9.17, 15) is 4.79 Å². The van der Waals surface area contributed by atoms with Crippen LogP contribution in [0.15, 0.2) is 47.3 Å². The molecule has 0 atom stereocenters. The van der Waals surface area contributed by atoms with Gasteiger partial charge in [0.15, 0.2) is 11.6 Å². The van der Waals surface area contributed by atoms with Crippen LogP contribution in [-0.2, 0) is 0 Å². The molecule has 3 heterocycles. The maximum absolute atomic E-state index is 12.7. The number of fused-ring (bicyclic) bond motifs is 2. The molecule has 0 bridgehead atoms. The summed E-state index contributed by atoms with van der Waals surface area (Å²) in [6, 6.07) is 8.70. The summed E-state index contributed by atoms with van der Waals surface area (Å²) >= 11 is 1.51. The SMILES string of the molecule is COc1c(NC(=O)Nc2ccc3[nH]c(-c4cscn4)nc3c2)ccc2c1C=CC(C)(C)O2. The number of benzene rings is 2. The highest BCUT2D eigenvalue weighted by molar-refractivity contribution is 7.07. The first-order chi connectivity index (χ1) is 15.4. The summed E-state index contributed by atoms with van der Waals surface area (Å²) < 4.78 is 11.5. The highest BCUT2D eigenvalue weighted by atomic mass is 32.1. The number of urea groups is 1. The number of carbonyl (C=O) groups excluding carboxylic acids is 1. The number of aromatic nitrogens is 3. The van der Waals surface area contributed by atoms with Crippen LogP contribution in [0, 0.1) is 0 Å². The summed E-state index contributed by atoms with van der Waals surface area (Å²) in [7, 11) is 1.57. The Morgan fingerprint density at radius 2 is 2.09 bits per heavy atom. The van der Waals surface area contributed by atoms with Crippen LogP contribution in [0.2, 0.25) is 0 Å². The van der Waals surface area contributed by atoms with Gasteiger partial charge in [-0.1, -0.05) is 0 Å². The highest BCUT2D eigenvalue weighted by Crippen LogP contribution is 2.41. The fourth-order valence-electron chi connectivity index (χ4n) is 3.57. The number of amides is 2. The van der Waals surface area contributed by atoms with Gasteiger partial charge in [0.05, 0.1) is 34.9 Å². The Hall–Kier alpha value is -3.85. The van der Waals surface area contributed by atoms with Gasteiger partial charge in [0.2, 0.25) is 0 Å². The van der Waals surface area contributed by atoms with Crippen LogP contribution in [0.5, 0.6) is 11.5 Å². The summed E-state index contributed by atoms with van der Waals surface area (Å²) in [6.07, 6.45) is 3.91. The molecule has 4 aromatic rings. The van der Waals surface area contributed by atoms with Gasteiger partial charge in [-0.05, 0) is 56.3 Å². The van der Waals surface area contributed by atoms with E-state index in [2.05, 4.69) is 25.6 Å². The van der Waals surface area contributed by atoms with Crippen molar-refractivity contribution in [3.8, 4) is 23.0 Å². The zero-order valence-corrected chi connectivity index (χ0v) is 18.5. The molecule has 0 aliphatic carbocycles. The molecule has 5 rings (SSSR count). The molecule has 0 saturated carbocycles. The van der Waals surface area contributed by atoms with Gasteiger partial charge in [-0.3, -0.25) is 0 Å². The first kappa shape index (κ1) is 20.1. The molecular weight excluding hydrogens is 426 g/mol.